The molecule has 1 aliphatic carbocycles. The molecule has 3 nitrogen and oxygen atoms in total. The van der Waals surface area contributed by atoms with Gasteiger partial charge in [0, 0.05) is 24.5 Å². The minimum absolute atomic E-state index is 0.0315. The first-order valence-electron chi connectivity index (χ1n) is 8.09. The van der Waals surface area contributed by atoms with E-state index >= 15 is 0 Å². The van der Waals surface area contributed by atoms with Gasteiger partial charge in [-0.2, -0.15) is 0 Å². The van der Waals surface area contributed by atoms with Gasteiger partial charge in [-0.25, -0.2) is 0 Å². The topological polar surface area (TPSA) is 49.5 Å². The molecule has 0 spiro atoms. The molecule has 0 bridgehead atoms. The molecule has 0 radical (unpaired) electrons. The molecule has 2 rings (SSSR count). The Morgan fingerprint density at radius 1 is 1.32 bits per heavy atom. The summed E-state index contributed by atoms with van der Waals surface area (Å²) in [4.78, 5) is 2.29. The van der Waals surface area contributed by atoms with E-state index in [-0.39, 0.29) is 5.41 Å². The van der Waals surface area contributed by atoms with Crippen molar-refractivity contribution in [3.63, 3.8) is 0 Å². The van der Waals surface area contributed by atoms with Gasteiger partial charge in [-0.1, -0.05) is 19.8 Å². The van der Waals surface area contributed by atoms with Crippen LogP contribution in [0.15, 0.2) is 0 Å². The van der Waals surface area contributed by atoms with Gasteiger partial charge >= 0.3 is 0 Å². The van der Waals surface area contributed by atoms with Gasteiger partial charge < -0.3 is 15.7 Å². The van der Waals surface area contributed by atoms with Crippen LogP contribution >= 0.6 is 0 Å². The summed E-state index contributed by atoms with van der Waals surface area (Å²) >= 11 is 0. The minimum atomic E-state index is -0.562. The van der Waals surface area contributed by atoms with Gasteiger partial charge in [0.25, 0.3) is 0 Å². The molecule has 1 heterocycles. The van der Waals surface area contributed by atoms with Crippen molar-refractivity contribution in [1.29, 1.82) is 0 Å². The quantitative estimate of drug-likeness (QED) is 0.823. The molecule has 3 heteroatoms. The highest BCUT2D eigenvalue weighted by Gasteiger charge is 2.54. The zero-order valence-corrected chi connectivity index (χ0v) is 13.0. The highest BCUT2D eigenvalue weighted by molar-refractivity contribution is 5.08. The molecule has 1 saturated heterocycles. The molecule has 1 aliphatic heterocycles. The molecule has 1 saturated carbocycles. The fraction of sp³-hybridized carbons (Fsp3) is 1.00. The fourth-order valence-electron chi connectivity index (χ4n) is 4.45. The summed E-state index contributed by atoms with van der Waals surface area (Å²) in [5.74, 6) is 0.866. The third kappa shape index (κ3) is 2.70. The van der Waals surface area contributed by atoms with Gasteiger partial charge in [0.1, 0.15) is 0 Å². The number of nitrogens with two attached hydrogens (primary N) is 1. The zero-order chi connectivity index (χ0) is 14.1. The highest BCUT2D eigenvalue weighted by atomic mass is 16.3. The van der Waals surface area contributed by atoms with Crippen LogP contribution in [-0.4, -0.2) is 41.8 Å². The van der Waals surface area contributed by atoms with Crippen LogP contribution in [0.4, 0.5) is 0 Å². The SMILES string of the molecule is CCCC1CCC(CN)(C2(O)CC(C)N(C)C2)CC1. The van der Waals surface area contributed by atoms with Crippen molar-refractivity contribution in [3.8, 4) is 0 Å². The Morgan fingerprint density at radius 3 is 2.37 bits per heavy atom. The third-order valence-corrected chi connectivity index (χ3v) is 6.03. The van der Waals surface area contributed by atoms with Crippen molar-refractivity contribution < 1.29 is 5.11 Å². The van der Waals surface area contributed by atoms with Crippen molar-refractivity contribution in [2.75, 3.05) is 20.1 Å². The predicted molar refractivity (Wildman–Crippen MR) is 80.0 cm³/mol. The van der Waals surface area contributed by atoms with Crippen molar-refractivity contribution in [2.45, 2.75) is 70.4 Å². The molecule has 0 aromatic carbocycles. The molecule has 2 aliphatic rings. The van der Waals surface area contributed by atoms with E-state index in [1.54, 1.807) is 0 Å². The molecule has 2 unspecified atom stereocenters. The standard InChI is InChI=1S/C16H32N2O/c1-4-5-14-6-8-15(11-17,9-7-14)16(19)10-13(2)18(3)12-16/h13-14,19H,4-12,17H2,1-3H3. The number of hydrogen-bond donors (Lipinski definition) is 2. The van der Waals surface area contributed by atoms with Crippen LogP contribution in [0.1, 0.15) is 58.8 Å². The predicted octanol–water partition coefficient (Wildman–Crippen LogP) is 2.38. The number of nitrogens with zero attached hydrogens (tertiary/aromatic N) is 1. The number of likely N-dealkylation sites (tertiary alicyclic amines) is 1. The van der Waals surface area contributed by atoms with Crippen LogP contribution in [0.5, 0.6) is 0 Å². The summed E-state index contributed by atoms with van der Waals surface area (Å²) in [6.45, 7) is 5.92. The number of likely N-dealkylation sites (N-methyl/N-ethyl adjacent to an activating group) is 1. The number of hydrogen-bond acceptors (Lipinski definition) is 3. The molecule has 0 amide bonds. The van der Waals surface area contributed by atoms with Gasteiger partial charge in [-0.05, 0) is 52.0 Å². The van der Waals surface area contributed by atoms with E-state index in [2.05, 4.69) is 25.8 Å². The number of β-amino-alcohol motifs (C(OH)–C–C–N with tert-alkyl or cyclic N) is 1. The molecule has 19 heavy (non-hydrogen) atoms. The minimum Gasteiger partial charge on any atom is -0.388 e. The normalized spacial score (nSPS) is 44.7. The molecule has 0 aromatic heterocycles. The maximum atomic E-state index is 11.2. The van der Waals surface area contributed by atoms with E-state index in [1.165, 1.54) is 25.7 Å². The van der Waals surface area contributed by atoms with E-state index in [9.17, 15) is 5.11 Å². The molecule has 3 N–H and O–H groups in total. The largest absolute Gasteiger partial charge is 0.388 e. The molecule has 0 aromatic rings. The average Bonchev–Trinajstić information content (AvgIpc) is 2.66. The lowest BCUT2D eigenvalue weighted by Crippen LogP contribution is -2.55. The molecular weight excluding hydrogens is 236 g/mol. The number of aliphatic hydroxyl groups is 1. The first-order valence-corrected chi connectivity index (χ1v) is 8.09. The maximum absolute atomic E-state index is 11.2. The maximum Gasteiger partial charge on any atom is 0.0856 e. The fourth-order valence-corrected chi connectivity index (χ4v) is 4.45. The van der Waals surface area contributed by atoms with Gasteiger partial charge in [-0.3, -0.25) is 0 Å². The van der Waals surface area contributed by atoms with Crippen LogP contribution in [0.2, 0.25) is 0 Å². The summed E-state index contributed by atoms with van der Waals surface area (Å²) in [6.07, 6.45) is 8.26. The third-order valence-electron chi connectivity index (χ3n) is 6.03. The summed E-state index contributed by atoms with van der Waals surface area (Å²) in [5, 5.41) is 11.2. The first-order chi connectivity index (χ1) is 8.96. The average molecular weight is 268 g/mol. The van der Waals surface area contributed by atoms with Gasteiger partial charge in [0.2, 0.25) is 0 Å². The lowest BCUT2D eigenvalue weighted by atomic mass is 9.60. The van der Waals surface area contributed by atoms with Crippen molar-refractivity contribution in [3.05, 3.63) is 0 Å². The first kappa shape index (κ1) is 15.3. The van der Waals surface area contributed by atoms with E-state index in [0.717, 1.165) is 31.7 Å². The summed E-state index contributed by atoms with van der Waals surface area (Å²) in [6, 6.07) is 0.474. The van der Waals surface area contributed by atoms with E-state index in [1.807, 2.05) is 0 Å². The second kappa shape index (κ2) is 5.71. The van der Waals surface area contributed by atoms with Gasteiger partial charge in [-0.15, -0.1) is 0 Å². The lowest BCUT2D eigenvalue weighted by Gasteiger charge is -2.49. The highest BCUT2D eigenvalue weighted by Crippen LogP contribution is 2.51. The molecular formula is C16H32N2O. The Balaban J connectivity index is 2.08. The smallest absolute Gasteiger partial charge is 0.0856 e. The van der Waals surface area contributed by atoms with Gasteiger partial charge in [0.15, 0.2) is 0 Å². The molecule has 2 fully saturated rings. The molecule has 112 valence electrons. The van der Waals surface area contributed by atoms with E-state index in [4.69, 9.17) is 5.73 Å². The van der Waals surface area contributed by atoms with Crippen molar-refractivity contribution >= 4 is 0 Å². The monoisotopic (exact) mass is 268 g/mol. The second-order valence-corrected chi connectivity index (χ2v) is 7.22. The van der Waals surface area contributed by atoms with E-state index in [0.29, 0.717) is 12.6 Å². The lowest BCUT2D eigenvalue weighted by molar-refractivity contribution is -0.0959. The Kier molecular flexibility index (Phi) is 4.59. The second-order valence-electron chi connectivity index (χ2n) is 7.22. The Morgan fingerprint density at radius 2 is 1.95 bits per heavy atom. The Labute approximate surface area is 118 Å². The molecule has 2 atom stereocenters. The van der Waals surface area contributed by atoms with Crippen LogP contribution in [0, 0.1) is 11.3 Å². The Bertz CT molecular complexity index is 287. The van der Waals surface area contributed by atoms with Crippen LogP contribution in [0.3, 0.4) is 0 Å². The summed E-state index contributed by atoms with van der Waals surface area (Å²) in [5.41, 5.74) is 5.54. The zero-order valence-electron chi connectivity index (χ0n) is 13.0. The van der Waals surface area contributed by atoms with E-state index < -0.39 is 5.60 Å². The number of rotatable bonds is 4. The van der Waals surface area contributed by atoms with Crippen LogP contribution in [-0.2, 0) is 0 Å². The van der Waals surface area contributed by atoms with Crippen LogP contribution < -0.4 is 5.73 Å². The summed E-state index contributed by atoms with van der Waals surface area (Å²) in [7, 11) is 2.12. The summed E-state index contributed by atoms with van der Waals surface area (Å²) < 4.78 is 0. The Hall–Kier alpha value is -0.120. The van der Waals surface area contributed by atoms with Crippen molar-refractivity contribution in [1.82, 2.24) is 4.90 Å². The van der Waals surface area contributed by atoms with Crippen molar-refractivity contribution in [2.24, 2.45) is 17.1 Å². The van der Waals surface area contributed by atoms with Gasteiger partial charge in [0.05, 0.1) is 5.60 Å². The van der Waals surface area contributed by atoms with Crippen LogP contribution in [0.25, 0.3) is 0 Å².